The van der Waals surface area contributed by atoms with Crippen LogP contribution in [0.3, 0.4) is 0 Å². The molecule has 1 heterocycles. The molecular formula is C21H22FN3O2. The molecule has 3 rings (SSSR count). The van der Waals surface area contributed by atoms with Gasteiger partial charge >= 0.3 is 6.09 Å². The van der Waals surface area contributed by atoms with E-state index in [9.17, 15) is 9.18 Å². The van der Waals surface area contributed by atoms with E-state index in [2.05, 4.69) is 17.3 Å². The summed E-state index contributed by atoms with van der Waals surface area (Å²) < 4.78 is 20.4. The molecule has 0 fully saturated rings. The molecule has 0 aliphatic rings. The zero-order valence-electron chi connectivity index (χ0n) is 15.2. The van der Waals surface area contributed by atoms with E-state index in [0.717, 1.165) is 29.8 Å². The van der Waals surface area contributed by atoms with Gasteiger partial charge in [-0.15, -0.1) is 0 Å². The Morgan fingerprint density at radius 2 is 1.96 bits per heavy atom. The highest BCUT2D eigenvalue weighted by molar-refractivity contribution is 5.70. The van der Waals surface area contributed by atoms with E-state index in [1.165, 1.54) is 12.1 Å². The molecule has 0 bridgehead atoms. The molecule has 0 aliphatic carbocycles. The van der Waals surface area contributed by atoms with Crippen molar-refractivity contribution in [2.45, 2.75) is 26.2 Å². The Morgan fingerprint density at radius 3 is 2.70 bits per heavy atom. The number of hydrogen-bond acceptors (Lipinski definition) is 3. The van der Waals surface area contributed by atoms with Crippen molar-refractivity contribution >= 4 is 6.09 Å². The third kappa shape index (κ3) is 4.94. The lowest BCUT2D eigenvalue weighted by Crippen LogP contribution is -2.29. The van der Waals surface area contributed by atoms with Crippen LogP contribution in [0.1, 0.15) is 24.6 Å². The Morgan fingerprint density at radius 1 is 1.15 bits per heavy atom. The Labute approximate surface area is 157 Å². The number of para-hydroxylation sites is 1. The van der Waals surface area contributed by atoms with Gasteiger partial charge in [-0.05, 0) is 42.7 Å². The lowest BCUT2D eigenvalue weighted by molar-refractivity contribution is 0.200. The largest absolute Gasteiger partial charge is 0.412 e. The van der Waals surface area contributed by atoms with Crippen LogP contribution >= 0.6 is 0 Å². The molecule has 0 spiro atoms. The highest BCUT2D eigenvalue weighted by Crippen LogP contribution is 2.23. The lowest BCUT2D eigenvalue weighted by Gasteiger charge is -2.10. The van der Waals surface area contributed by atoms with Crippen LogP contribution in [0.2, 0.25) is 0 Å². The standard InChI is InChI=1S/C21H22FN3O2/c1-2-7-19-20(15-24-25(19)18-10-4-3-5-11-18)27-21(26)23-13-12-16-8-6-9-17(22)14-16/h3-6,8-11,14-15H,2,7,12-13H2,1H3,(H,23,26). The SMILES string of the molecule is CCCc1c(OC(=O)NCCc2cccc(F)c2)cnn1-c1ccccc1. The van der Waals surface area contributed by atoms with Crippen LogP contribution in [-0.4, -0.2) is 22.4 Å². The summed E-state index contributed by atoms with van der Waals surface area (Å²) in [5.74, 6) is 0.163. The van der Waals surface area contributed by atoms with Crippen LogP contribution in [0.4, 0.5) is 9.18 Å². The first kappa shape index (κ1) is 18.6. The van der Waals surface area contributed by atoms with Crippen molar-refractivity contribution in [2.75, 3.05) is 6.54 Å². The fraction of sp³-hybridized carbons (Fsp3) is 0.238. The number of rotatable bonds is 7. The first-order valence-electron chi connectivity index (χ1n) is 9.00. The first-order chi connectivity index (χ1) is 13.2. The van der Waals surface area contributed by atoms with Crippen LogP contribution in [0, 0.1) is 5.82 Å². The van der Waals surface area contributed by atoms with Crippen LogP contribution in [0.5, 0.6) is 5.75 Å². The lowest BCUT2D eigenvalue weighted by atomic mass is 10.1. The predicted octanol–water partition coefficient (Wildman–Crippen LogP) is 4.30. The van der Waals surface area contributed by atoms with Crippen molar-refractivity contribution in [3.05, 3.63) is 77.9 Å². The van der Waals surface area contributed by atoms with E-state index in [1.54, 1.807) is 16.9 Å². The highest BCUT2D eigenvalue weighted by atomic mass is 19.1. The van der Waals surface area contributed by atoms with Crippen molar-refractivity contribution in [3.8, 4) is 11.4 Å². The second kappa shape index (κ2) is 8.98. The maximum atomic E-state index is 13.2. The third-order valence-electron chi connectivity index (χ3n) is 4.09. The van der Waals surface area contributed by atoms with E-state index in [1.807, 2.05) is 36.4 Å². The molecule has 1 aromatic heterocycles. The summed E-state index contributed by atoms with van der Waals surface area (Å²) in [6.07, 6.45) is 3.18. The molecule has 140 valence electrons. The number of carbonyl (C=O) groups excluding carboxylic acids is 1. The van der Waals surface area contributed by atoms with E-state index < -0.39 is 6.09 Å². The van der Waals surface area contributed by atoms with Gasteiger partial charge in [-0.1, -0.05) is 43.7 Å². The summed E-state index contributed by atoms with van der Waals surface area (Å²) in [4.78, 5) is 12.1. The fourth-order valence-electron chi connectivity index (χ4n) is 2.84. The molecule has 0 atom stereocenters. The van der Waals surface area contributed by atoms with Gasteiger partial charge in [0.2, 0.25) is 0 Å². The minimum Gasteiger partial charge on any atom is -0.407 e. The number of nitrogens with zero attached hydrogens (tertiary/aromatic N) is 2. The molecule has 0 unspecified atom stereocenters. The predicted molar refractivity (Wildman–Crippen MR) is 102 cm³/mol. The summed E-state index contributed by atoms with van der Waals surface area (Å²) in [5, 5.41) is 7.06. The van der Waals surface area contributed by atoms with Gasteiger partial charge < -0.3 is 10.1 Å². The van der Waals surface area contributed by atoms with Gasteiger partial charge in [0.1, 0.15) is 5.82 Å². The summed E-state index contributed by atoms with van der Waals surface area (Å²) >= 11 is 0. The minimum absolute atomic E-state index is 0.285. The van der Waals surface area contributed by atoms with E-state index in [-0.39, 0.29) is 5.82 Å². The number of halogens is 1. The number of nitrogens with one attached hydrogen (secondary N) is 1. The van der Waals surface area contributed by atoms with Gasteiger partial charge in [0.05, 0.1) is 17.6 Å². The number of ether oxygens (including phenoxy) is 1. The maximum absolute atomic E-state index is 13.2. The van der Waals surface area contributed by atoms with Gasteiger partial charge in [-0.25, -0.2) is 13.9 Å². The number of amides is 1. The summed E-state index contributed by atoms with van der Waals surface area (Å²) in [6, 6.07) is 16.0. The zero-order chi connectivity index (χ0) is 19.1. The first-order valence-corrected chi connectivity index (χ1v) is 9.00. The molecule has 0 saturated heterocycles. The molecule has 0 aliphatic heterocycles. The quantitative estimate of drug-likeness (QED) is 0.678. The second-order valence-electron chi connectivity index (χ2n) is 6.15. The second-order valence-corrected chi connectivity index (χ2v) is 6.15. The third-order valence-corrected chi connectivity index (χ3v) is 4.09. The van der Waals surface area contributed by atoms with Gasteiger partial charge in [0.15, 0.2) is 5.75 Å². The molecule has 3 aromatic rings. The number of benzene rings is 2. The average Bonchev–Trinajstić information content (AvgIpc) is 3.05. The normalized spacial score (nSPS) is 10.6. The summed E-state index contributed by atoms with van der Waals surface area (Å²) in [7, 11) is 0. The van der Waals surface area contributed by atoms with Crippen LogP contribution < -0.4 is 10.1 Å². The van der Waals surface area contributed by atoms with E-state index in [0.29, 0.717) is 18.7 Å². The van der Waals surface area contributed by atoms with Crippen LogP contribution in [0.15, 0.2) is 60.8 Å². The maximum Gasteiger partial charge on any atom is 0.412 e. The molecule has 27 heavy (non-hydrogen) atoms. The van der Waals surface area contributed by atoms with Crippen LogP contribution in [0.25, 0.3) is 5.69 Å². The molecule has 6 heteroatoms. The monoisotopic (exact) mass is 367 g/mol. The average molecular weight is 367 g/mol. The Balaban J connectivity index is 1.62. The van der Waals surface area contributed by atoms with Gasteiger partial charge in [0, 0.05) is 6.54 Å². The molecular weight excluding hydrogens is 345 g/mol. The Bertz CT molecular complexity index is 893. The fourth-order valence-corrected chi connectivity index (χ4v) is 2.84. The summed E-state index contributed by atoms with van der Waals surface area (Å²) in [6.45, 7) is 2.42. The summed E-state index contributed by atoms with van der Waals surface area (Å²) in [5.41, 5.74) is 2.59. The minimum atomic E-state index is -0.545. The van der Waals surface area contributed by atoms with Gasteiger partial charge in [0.25, 0.3) is 0 Å². The van der Waals surface area contributed by atoms with Crippen molar-refractivity contribution in [3.63, 3.8) is 0 Å². The number of aromatic nitrogens is 2. The molecule has 1 N–H and O–H groups in total. The van der Waals surface area contributed by atoms with Crippen molar-refractivity contribution in [2.24, 2.45) is 0 Å². The van der Waals surface area contributed by atoms with Gasteiger partial charge in [-0.2, -0.15) is 5.10 Å². The highest BCUT2D eigenvalue weighted by Gasteiger charge is 2.15. The van der Waals surface area contributed by atoms with Crippen LogP contribution in [-0.2, 0) is 12.8 Å². The van der Waals surface area contributed by atoms with Gasteiger partial charge in [-0.3, -0.25) is 0 Å². The number of hydrogen-bond donors (Lipinski definition) is 1. The van der Waals surface area contributed by atoms with Crippen molar-refractivity contribution in [1.82, 2.24) is 15.1 Å². The molecule has 0 saturated carbocycles. The Kier molecular flexibility index (Phi) is 6.20. The molecule has 1 amide bonds. The molecule has 2 aromatic carbocycles. The van der Waals surface area contributed by atoms with Crippen molar-refractivity contribution in [1.29, 1.82) is 0 Å². The number of carbonyl (C=O) groups is 1. The molecule has 0 radical (unpaired) electrons. The molecule has 5 nitrogen and oxygen atoms in total. The van der Waals surface area contributed by atoms with Crippen molar-refractivity contribution < 1.29 is 13.9 Å². The Hall–Kier alpha value is -3.15. The topological polar surface area (TPSA) is 56.1 Å². The zero-order valence-corrected chi connectivity index (χ0v) is 15.2. The smallest absolute Gasteiger partial charge is 0.407 e. The van der Waals surface area contributed by atoms with E-state index in [4.69, 9.17) is 4.74 Å². The van der Waals surface area contributed by atoms with E-state index >= 15 is 0 Å².